The maximum atomic E-state index is 12.7. The van der Waals surface area contributed by atoms with E-state index in [1.807, 2.05) is 6.92 Å². The lowest BCUT2D eigenvalue weighted by atomic mass is 9.77. The van der Waals surface area contributed by atoms with Crippen molar-refractivity contribution in [1.29, 1.82) is 0 Å². The third kappa shape index (κ3) is 2.97. The maximum absolute atomic E-state index is 12.7. The summed E-state index contributed by atoms with van der Waals surface area (Å²) in [4.78, 5) is 25.7. The molecule has 1 aliphatic carbocycles. The summed E-state index contributed by atoms with van der Waals surface area (Å²) in [7, 11) is 1.80. The Labute approximate surface area is 120 Å². The number of carbonyl (C=O) groups excluding carboxylic acids is 1. The van der Waals surface area contributed by atoms with Gasteiger partial charge < -0.3 is 15.3 Å². The van der Waals surface area contributed by atoms with Gasteiger partial charge >= 0.3 is 5.97 Å². The number of aliphatic carboxylic acids is 1. The first-order valence-electron chi connectivity index (χ1n) is 7.66. The van der Waals surface area contributed by atoms with Gasteiger partial charge in [-0.2, -0.15) is 0 Å². The zero-order valence-corrected chi connectivity index (χ0v) is 12.5. The standard InChI is InChI=1S/C15H26N2O3/c1-11(12-9-16-10-12)14(20)17(2)15(8-13(18)19)6-4-3-5-7-15/h11-12,16H,3-10H2,1-2H3,(H,18,19). The van der Waals surface area contributed by atoms with Gasteiger partial charge in [0.1, 0.15) is 0 Å². The van der Waals surface area contributed by atoms with E-state index in [2.05, 4.69) is 5.32 Å². The summed E-state index contributed by atoms with van der Waals surface area (Å²) in [5, 5.41) is 12.4. The lowest BCUT2D eigenvalue weighted by molar-refractivity contribution is -0.149. The Balaban J connectivity index is 2.10. The van der Waals surface area contributed by atoms with Gasteiger partial charge in [-0.1, -0.05) is 26.2 Å². The third-order valence-electron chi connectivity index (χ3n) is 5.22. The van der Waals surface area contributed by atoms with Crippen molar-refractivity contribution in [3.05, 3.63) is 0 Å². The molecule has 0 aromatic carbocycles. The molecule has 1 saturated carbocycles. The summed E-state index contributed by atoms with van der Waals surface area (Å²) in [5.41, 5.74) is -0.466. The van der Waals surface area contributed by atoms with Gasteiger partial charge in [0.15, 0.2) is 0 Å². The van der Waals surface area contributed by atoms with Gasteiger partial charge in [-0.25, -0.2) is 0 Å². The highest BCUT2D eigenvalue weighted by Crippen LogP contribution is 2.37. The second-order valence-electron chi connectivity index (χ2n) is 6.46. The molecule has 114 valence electrons. The van der Waals surface area contributed by atoms with E-state index in [1.54, 1.807) is 11.9 Å². The molecule has 1 saturated heterocycles. The van der Waals surface area contributed by atoms with Gasteiger partial charge in [-0.05, 0) is 31.8 Å². The van der Waals surface area contributed by atoms with Gasteiger partial charge in [0, 0.05) is 13.0 Å². The van der Waals surface area contributed by atoms with E-state index in [0.29, 0.717) is 5.92 Å². The number of hydrogen-bond acceptors (Lipinski definition) is 3. The number of hydrogen-bond donors (Lipinski definition) is 2. The second-order valence-corrected chi connectivity index (χ2v) is 6.46. The zero-order valence-electron chi connectivity index (χ0n) is 12.5. The van der Waals surface area contributed by atoms with E-state index in [9.17, 15) is 14.7 Å². The van der Waals surface area contributed by atoms with Crippen molar-refractivity contribution in [3.8, 4) is 0 Å². The highest BCUT2D eigenvalue weighted by Gasteiger charge is 2.43. The summed E-state index contributed by atoms with van der Waals surface area (Å²) >= 11 is 0. The number of amides is 1. The second kappa shape index (κ2) is 6.12. The monoisotopic (exact) mass is 282 g/mol. The zero-order chi connectivity index (χ0) is 14.8. The van der Waals surface area contributed by atoms with Crippen LogP contribution in [-0.4, -0.2) is 47.6 Å². The normalized spacial score (nSPS) is 23.7. The first-order chi connectivity index (χ1) is 9.46. The minimum atomic E-state index is -0.801. The summed E-state index contributed by atoms with van der Waals surface area (Å²) in [6.45, 7) is 3.76. The SMILES string of the molecule is CC(C(=O)N(C)C1(CC(=O)O)CCCCC1)C1CNC1. The summed E-state index contributed by atoms with van der Waals surface area (Å²) in [5.74, 6) is -0.312. The molecule has 0 aromatic heterocycles. The van der Waals surface area contributed by atoms with Crippen LogP contribution in [0.15, 0.2) is 0 Å². The van der Waals surface area contributed by atoms with Crippen molar-refractivity contribution >= 4 is 11.9 Å². The quantitative estimate of drug-likeness (QED) is 0.801. The molecule has 2 rings (SSSR count). The van der Waals surface area contributed by atoms with Crippen LogP contribution in [0.4, 0.5) is 0 Å². The van der Waals surface area contributed by atoms with E-state index in [4.69, 9.17) is 0 Å². The summed E-state index contributed by atoms with van der Waals surface area (Å²) in [6.07, 6.45) is 4.89. The fourth-order valence-electron chi connectivity index (χ4n) is 3.53. The van der Waals surface area contributed by atoms with Crippen molar-refractivity contribution < 1.29 is 14.7 Å². The molecule has 0 aromatic rings. The van der Waals surface area contributed by atoms with Gasteiger partial charge in [0.2, 0.25) is 5.91 Å². The molecular weight excluding hydrogens is 256 g/mol. The van der Waals surface area contributed by atoms with Gasteiger partial charge in [0.05, 0.1) is 12.0 Å². The van der Waals surface area contributed by atoms with Crippen LogP contribution in [0.25, 0.3) is 0 Å². The largest absolute Gasteiger partial charge is 0.481 e. The molecule has 1 heterocycles. The van der Waals surface area contributed by atoms with Crippen LogP contribution in [0.3, 0.4) is 0 Å². The van der Waals surface area contributed by atoms with Gasteiger partial charge in [-0.3, -0.25) is 9.59 Å². The molecular formula is C15H26N2O3. The Morgan fingerprint density at radius 2 is 1.90 bits per heavy atom. The Morgan fingerprint density at radius 3 is 2.35 bits per heavy atom. The fraction of sp³-hybridized carbons (Fsp3) is 0.867. The molecule has 0 bridgehead atoms. The predicted molar refractivity (Wildman–Crippen MR) is 76.4 cm³/mol. The predicted octanol–water partition coefficient (Wildman–Crippen LogP) is 1.48. The molecule has 20 heavy (non-hydrogen) atoms. The van der Waals surface area contributed by atoms with Crippen LogP contribution < -0.4 is 5.32 Å². The average molecular weight is 282 g/mol. The lowest BCUT2D eigenvalue weighted by Crippen LogP contribution is -2.56. The van der Waals surface area contributed by atoms with Crippen LogP contribution in [0, 0.1) is 11.8 Å². The number of rotatable bonds is 5. The molecule has 0 spiro atoms. The molecule has 1 atom stereocenters. The highest BCUT2D eigenvalue weighted by atomic mass is 16.4. The van der Waals surface area contributed by atoms with Crippen LogP contribution in [-0.2, 0) is 9.59 Å². The molecule has 1 unspecified atom stereocenters. The number of nitrogens with zero attached hydrogens (tertiary/aromatic N) is 1. The van der Waals surface area contributed by atoms with Crippen LogP contribution in [0.5, 0.6) is 0 Å². The topological polar surface area (TPSA) is 69.6 Å². The van der Waals surface area contributed by atoms with Crippen molar-refractivity contribution in [2.75, 3.05) is 20.1 Å². The molecule has 2 aliphatic rings. The van der Waals surface area contributed by atoms with Gasteiger partial charge in [0.25, 0.3) is 0 Å². The average Bonchev–Trinajstić information content (AvgIpc) is 2.35. The van der Waals surface area contributed by atoms with Crippen molar-refractivity contribution in [1.82, 2.24) is 10.2 Å². The Bertz CT molecular complexity index is 373. The highest BCUT2D eigenvalue weighted by molar-refractivity contribution is 5.80. The minimum Gasteiger partial charge on any atom is -0.481 e. The lowest BCUT2D eigenvalue weighted by Gasteiger charge is -2.46. The minimum absolute atomic E-state index is 0.0196. The molecule has 5 heteroatoms. The number of carbonyl (C=O) groups is 2. The number of carboxylic acid groups (broad SMARTS) is 1. The van der Waals surface area contributed by atoms with E-state index >= 15 is 0 Å². The molecule has 5 nitrogen and oxygen atoms in total. The van der Waals surface area contributed by atoms with E-state index in [-0.39, 0.29) is 18.2 Å². The maximum Gasteiger partial charge on any atom is 0.305 e. The Kier molecular flexibility index (Phi) is 4.68. The van der Waals surface area contributed by atoms with Gasteiger partial charge in [-0.15, -0.1) is 0 Å². The Hall–Kier alpha value is -1.10. The first-order valence-corrected chi connectivity index (χ1v) is 7.66. The van der Waals surface area contributed by atoms with E-state index in [1.165, 1.54) is 0 Å². The molecule has 0 radical (unpaired) electrons. The van der Waals surface area contributed by atoms with Crippen LogP contribution in [0.1, 0.15) is 45.4 Å². The van der Waals surface area contributed by atoms with E-state index < -0.39 is 11.5 Å². The Morgan fingerprint density at radius 1 is 1.30 bits per heavy atom. The smallest absolute Gasteiger partial charge is 0.305 e. The van der Waals surface area contributed by atoms with Crippen molar-refractivity contribution in [3.63, 3.8) is 0 Å². The molecule has 1 amide bonds. The molecule has 2 N–H and O–H groups in total. The molecule has 1 aliphatic heterocycles. The first kappa shape index (κ1) is 15.3. The summed E-state index contributed by atoms with van der Waals surface area (Å²) in [6, 6.07) is 0. The van der Waals surface area contributed by atoms with E-state index in [0.717, 1.165) is 45.2 Å². The number of carboxylic acids is 1. The third-order valence-corrected chi connectivity index (χ3v) is 5.22. The van der Waals surface area contributed by atoms with Crippen LogP contribution >= 0.6 is 0 Å². The fourth-order valence-corrected chi connectivity index (χ4v) is 3.53. The van der Waals surface area contributed by atoms with Crippen molar-refractivity contribution in [2.45, 2.75) is 51.0 Å². The summed E-state index contributed by atoms with van der Waals surface area (Å²) < 4.78 is 0. The number of nitrogens with one attached hydrogen (secondary N) is 1. The van der Waals surface area contributed by atoms with Crippen LogP contribution in [0.2, 0.25) is 0 Å². The van der Waals surface area contributed by atoms with Crippen molar-refractivity contribution in [2.24, 2.45) is 11.8 Å². The molecule has 2 fully saturated rings.